The van der Waals surface area contributed by atoms with E-state index in [1.807, 2.05) is 43.3 Å². The fourth-order valence-corrected chi connectivity index (χ4v) is 2.58. The van der Waals surface area contributed by atoms with Gasteiger partial charge in [-0.05, 0) is 30.2 Å². The summed E-state index contributed by atoms with van der Waals surface area (Å²) in [5.41, 5.74) is 8.98. The molecule has 21 heavy (non-hydrogen) atoms. The number of benzene rings is 2. The van der Waals surface area contributed by atoms with Crippen molar-refractivity contribution in [2.45, 2.75) is 19.5 Å². The minimum atomic E-state index is -0.0445. The van der Waals surface area contributed by atoms with Gasteiger partial charge < -0.3 is 15.7 Å². The summed E-state index contributed by atoms with van der Waals surface area (Å²) >= 11 is 6.39. The van der Waals surface area contributed by atoms with E-state index in [0.717, 1.165) is 11.3 Å². The van der Waals surface area contributed by atoms with Crippen LogP contribution < -0.4 is 10.6 Å². The number of aliphatic hydroxyl groups excluding tert-OH is 1. The Morgan fingerprint density at radius 2 is 1.90 bits per heavy atom. The third-order valence-electron chi connectivity index (χ3n) is 3.42. The van der Waals surface area contributed by atoms with Gasteiger partial charge in [0, 0.05) is 19.1 Å². The maximum Gasteiger partial charge on any atom is 0.0643 e. The zero-order valence-corrected chi connectivity index (χ0v) is 12.9. The zero-order chi connectivity index (χ0) is 15.2. The van der Waals surface area contributed by atoms with E-state index in [0.29, 0.717) is 18.1 Å². The smallest absolute Gasteiger partial charge is 0.0643 e. The van der Waals surface area contributed by atoms with E-state index in [2.05, 4.69) is 17.0 Å². The van der Waals surface area contributed by atoms with Gasteiger partial charge in [-0.25, -0.2) is 0 Å². The third-order valence-corrected chi connectivity index (χ3v) is 3.73. The molecular weight excluding hydrogens is 284 g/mol. The first-order valence-corrected chi connectivity index (χ1v) is 7.44. The quantitative estimate of drug-likeness (QED) is 0.860. The Kier molecular flexibility index (Phi) is 5.62. The molecule has 0 bridgehead atoms. The van der Waals surface area contributed by atoms with E-state index in [4.69, 9.17) is 17.3 Å². The average molecular weight is 305 g/mol. The first-order chi connectivity index (χ1) is 10.1. The summed E-state index contributed by atoms with van der Waals surface area (Å²) in [4.78, 5) is 2.07. The Balaban J connectivity index is 2.25. The Labute approximate surface area is 131 Å². The second kappa shape index (κ2) is 7.46. The zero-order valence-electron chi connectivity index (χ0n) is 12.2. The van der Waals surface area contributed by atoms with Crippen molar-refractivity contribution in [1.29, 1.82) is 0 Å². The molecule has 0 amide bonds. The van der Waals surface area contributed by atoms with Gasteiger partial charge in [0.15, 0.2) is 0 Å². The SMILES string of the molecule is CC(N)c1ccc(N(CCO)Cc2ccccc2)c(Cl)c1. The molecule has 1 unspecified atom stereocenters. The molecule has 0 aliphatic carbocycles. The molecule has 0 heterocycles. The first-order valence-electron chi connectivity index (χ1n) is 7.06. The predicted molar refractivity (Wildman–Crippen MR) is 88.6 cm³/mol. The van der Waals surface area contributed by atoms with Crippen LogP contribution in [0.5, 0.6) is 0 Å². The number of anilines is 1. The van der Waals surface area contributed by atoms with Crippen LogP contribution in [0.1, 0.15) is 24.1 Å². The minimum absolute atomic E-state index is 0.0445. The largest absolute Gasteiger partial charge is 0.395 e. The van der Waals surface area contributed by atoms with Gasteiger partial charge in [0.25, 0.3) is 0 Å². The summed E-state index contributed by atoms with van der Waals surface area (Å²) in [6.07, 6.45) is 0. The van der Waals surface area contributed by atoms with Crippen LogP contribution in [0.2, 0.25) is 5.02 Å². The molecule has 0 radical (unpaired) electrons. The van der Waals surface area contributed by atoms with Gasteiger partial charge in [0.2, 0.25) is 0 Å². The fourth-order valence-electron chi connectivity index (χ4n) is 2.27. The van der Waals surface area contributed by atoms with Crippen LogP contribution >= 0.6 is 11.6 Å². The molecule has 0 saturated heterocycles. The first kappa shape index (κ1) is 15.8. The normalized spacial score (nSPS) is 12.2. The number of halogens is 1. The topological polar surface area (TPSA) is 49.5 Å². The highest BCUT2D eigenvalue weighted by atomic mass is 35.5. The third kappa shape index (κ3) is 4.21. The van der Waals surface area contributed by atoms with Gasteiger partial charge in [0.1, 0.15) is 0 Å². The predicted octanol–water partition coefficient (Wildman–Crippen LogP) is 3.36. The molecule has 2 rings (SSSR count). The van der Waals surface area contributed by atoms with Crippen molar-refractivity contribution in [3.63, 3.8) is 0 Å². The highest BCUT2D eigenvalue weighted by molar-refractivity contribution is 6.33. The molecule has 0 saturated carbocycles. The molecule has 0 aliphatic heterocycles. The van der Waals surface area contributed by atoms with E-state index in [1.165, 1.54) is 5.56 Å². The van der Waals surface area contributed by atoms with Crippen molar-refractivity contribution in [3.8, 4) is 0 Å². The van der Waals surface area contributed by atoms with Gasteiger partial charge in [0.05, 0.1) is 17.3 Å². The molecule has 4 heteroatoms. The van der Waals surface area contributed by atoms with Gasteiger partial charge >= 0.3 is 0 Å². The van der Waals surface area contributed by atoms with Crippen LogP contribution in [0.25, 0.3) is 0 Å². The summed E-state index contributed by atoms with van der Waals surface area (Å²) in [5, 5.41) is 9.97. The number of hydrogen-bond acceptors (Lipinski definition) is 3. The summed E-state index contributed by atoms with van der Waals surface area (Å²) in [6.45, 7) is 3.25. The van der Waals surface area contributed by atoms with Crippen molar-refractivity contribution in [3.05, 3.63) is 64.7 Å². The van der Waals surface area contributed by atoms with Gasteiger partial charge in [-0.1, -0.05) is 48.0 Å². The molecular formula is C17H21ClN2O. The van der Waals surface area contributed by atoms with Crippen molar-refractivity contribution < 1.29 is 5.11 Å². The summed E-state index contributed by atoms with van der Waals surface area (Å²) < 4.78 is 0. The van der Waals surface area contributed by atoms with E-state index in [1.54, 1.807) is 0 Å². The number of hydrogen-bond donors (Lipinski definition) is 2. The summed E-state index contributed by atoms with van der Waals surface area (Å²) in [6, 6.07) is 15.9. The molecule has 1 atom stereocenters. The summed E-state index contributed by atoms with van der Waals surface area (Å²) in [7, 11) is 0. The van der Waals surface area contributed by atoms with Gasteiger partial charge in [-0.2, -0.15) is 0 Å². The highest BCUT2D eigenvalue weighted by Gasteiger charge is 2.12. The number of rotatable bonds is 6. The Hall–Kier alpha value is -1.55. The molecule has 112 valence electrons. The Bertz CT molecular complexity index is 572. The van der Waals surface area contributed by atoms with E-state index in [9.17, 15) is 5.11 Å². The van der Waals surface area contributed by atoms with Gasteiger partial charge in [-0.15, -0.1) is 0 Å². The molecule has 3 nitrogen and oxygen atoms in total. The van der Waals surface area contributed by atoms with Crippen LogP contribution in [0.15, 0.2) is 48.5 Å². The molecule has 0 aliphatic rings. The van der Waals surface area contributed by atoms with Crippen LogP contribution in [0.3, 0.4) is 0 Å². The lowest BCUT2D eigenvalue weighted by atomic mass is 10.1. The van der Waals surface area contributed by atoms with Crippen LogP contribution in [-0.4, -0.2) is 18.3 Å². The number of aliphatic hydroxyl groups is 1. The van der Waals surface area contributed by atoms with Crippen molar-refractivity contribution in [2.75, 3.05) is 18.1 Å². The standard InChI is InChI=1S/C17H21ClN2O/c1-13(19)15-7-8-17(16(18)11-15)20(9-10-21)12-14-5-3-2-4-6-14/h2-8,11,13,21H,9-10,12,19H2,1H3. The van der Waals surface area contributed by atoms with Gasteiger partial charge in [-0.3, -0.25) is 0 Å². The van der Waals surface area contributed by atoms with Crippen LogP contribution in [0, 0.1) is 0 Å². The molecule has 2 aromatic carbocycles. The van der Waals surface area contributed by atoms with Crippen LogP contribution in [-0.2, 0) is 6.54 Å². The maximum atomic E-state index is 9.30. The van der Waals surface area contributed by atoms with E-state index < -0.39 is 0 Å². The molecule has 2 aromatic rings. The average Bonchev–Trinajstić information content (AvgIpc) is 2.48. The molecule has 0 spiro atoms. The fraction of sp³-hybridized carbons (Fsp3) is 0.294. The number of nitrogens with two attached hydrogens (primary N) is 1. The highest BCUT2D eigenvalue weighted by Crippen LogP contribution is 2.29. The molecule has 3 N–H and O–H groups in total. The number of nitrogens with zero attached hydrogens (tertiary/aromatic N) is 1. The van der Waals surface area contributed by atoms with Crippen molar-refractivity contribution in [1.82, 2.24) is 0 Å². The lowest BCUT2D eigenvalue weighted by Crippen LogP contribution is -2.26. The summed E-state index contributed by atoms with van der Waals surface area (Å²) in [5.74, 6) is 0. The lowest BCUT2D eigenvalue weighted by molar-refractivity contribution is 0.301. The Morgan fingerprint density at radius 3 is 2.48 bits per heavy atom. The lowest BCUT2D eigenvalue weighted by Gasteiger charge is -2.25. The van der Waals surface area contributed by atoms with E-state index >= 15 is 0 Å². The molecule has 0 fully saturated rings. The van der Waals surface area contributed by atoms with Crippen molar-refractivity contribution >= 4 is 17.3 Å². The monoisotopic (exact) mass is 304 g/mol. The Morgan fingerprint density at radius 1 is 1.19 bits per heavy atom. The minimum Gasteiger partial charge on any atom is -0.395 e. The van der Waals surface area contributed by atoms with E-state index in [-0.39, 0.29) is 12.6 Å². The maximum absolute atomic E-state index is 9.30. The molecule has 0 aromatic heterocycles. The van der Waals surface area contributed by atoms with Crippen LogP contribution in [0.4, 0.5) is 5.69 Å². The second-order valence-electron chi connectivity index (χ2n) is 5.13. The van der Waals surface area contributed by atoms with Crippen molar-refractivity contribution in [2.24, 2.45) is 5.73 Å². The second-order valence-corrected chi connectivity index (χ2v) is 5.54.